The Morgan fingerprint density at radius 1 is 1.03 bits per heavy atom. The molecule has 1 heterocycles. The van der Waals surface area contributed by atoms with Gasteiger partial charge in [0.1, 0.15) is 17.9 Å². The van der Waals surface area contributed by atoms with Crippen LogP contribution in [0.2, 0.25) is 0 Å². The summed E-state index contributed by atoms with van der Waals surface area (Å²) in [6.07, 6.45) is 3.65. The Morgan fingerprint density at radius 2 is 1.70 bits per heavy atom. The SMILES string of the molecule is COC(=O)CCCCC(=O)Oc1c(C/C=C(\C)CCC(=O)O)c(OC)c(C)c2c1C(=O)OC2. The largest absolute Gasteiger partial charge is 0.496 e. The van der Waals surface area contributed by atoms with Crippen molar-refractivity contribution in [2.75, 3.05) is 14.2 Å². The van der Waals surface area contributed by atoms with Crippen LogP contribution in [0, 0.1) is 6.92 Å². The van der Waals surface area contributed by atoms with Gasteiger partial charge in [-0.1, -0.05) is 11.6 Å². The van der Waals surface area contributed by atoms with Gasteiger partial charge in [-0.15, -0.1) is 0 Å². The maximum atomic E-state index is 12.6. The average molecular weight is 462 g/mol. The van der Waals surface area contributed by atoms with Crippen molar-refractivity contribution >= 4 is 23.9 Å². The van der Waals surface area contributed by atoms with Crippen LogP contribution in [0.15, 0.2) is 11.6 Å². The number of hydrogen-bond acceptors (Lipinski definition) is 8. The number of carboxylic acid groups (broad SMARTS) is 1. The van der Waals surface area contributed by atoms with Gasteiger partial charge in [-0.05, 0) is 45.1 Å². The van der Waals surface area contributed by atoms with Crippen molar-refractivity contribution in [2.45, 2.75) is 65.4 Å². The molecule has 0 atom stereocenters. The molecular weight excluding hydrogens is 432 g/mol. The lowest BCUT2D eigenvalue weighted by Gasteiger charge is -2.19. The van der Waals surface area contributed by atoms with E-state index in [0.717, 1.165) is 11.1 Å². The second-order valence-electron chi connectivity index (χ2n) is 7.80. The summed E-state index contributed by atoms with van der Waals surface area (Å²) in [7, 11) is 2.80. The Balaban J connectivity index is 2.32. The van der Waals surface area contributed by atoms with Gasteiger partial charge in [0, 0.05) is 30.4 Å². The molecule has 180 valence electrons. The first-order chi connectivity index (χ1) is 15.7. The van der Waals surface area contributed by atoms with Gasteiger partial charge in [-0.3, -0.25) is 14.4 Å². The van der Waals surface area contributed by atoms with Crippen LogP contribution in [0.4, 0.5) is 0 Å². The second-order valence-corrected chi connectivity index (χ2v) is 7.80. The van der Waals surface area contributed by atoms with Crippen LogP contribution in [0.1, 0.15) is 72.5 Å². The van der Waals surface area contributed by atoms with Crippen LogP contribution in [0.5, 0.6) is 11.5 Å². The van der Waals surface area contributed by atoms with Crippen molar-refractivity contribution in [3.05, 3.63) is 33.9 Å². The van der Waals surface area contributed by atoms with Crippen molar-refractivity contribution in [1.29, 1.82) is 0 Å². The summed E-state index contributed by atoms with van der Waals surface area (Å²) in [4.78, 5) is 47.1. The van der Waals surface area contributed by atoms with Crippen molar-refractivity contribution in [3.63, 3.8) is 0 Å². The summed E-state index contributed by atoms with van der Waals surface area (Å²) < 4.78 is 21.0. The van der Waals surface area contributed by atoms with Gasteiger partial charge in [0.25, 0.3) is 0 Å². The number of carboxylic acids is 1. The summed E-state index contributed by atoms with van der Waals surface area (Å²) in [5.41, 5.74) is 2.91. The number of esters is 3. The number of benzene rings is 1. The summed E-state index contributed by atoms with van der Waals surface area (Å²) in [6, 6.07) is 0. The molecule has 0 spiro atoms. The summed E-state index contributed by atoms with van der Waals surface area (Å²) in [6.45, 7) is 3.69. The molecule has 0 amide bonds. The van der Waals surface area contributed by atoms with E-state index in [1.165, 1.54) is 14.2 Å². The third-order valence-corrected chi connectivity index (χ3v) is 5.47. The fourth-order valence-corrected chi connectivity index (χ4v) is 3.61. The Kier molecular flexibility index (Phi) is 9.44. The van der Waals surface area contributed by atoms with Gasteiger partial charge in [0.2, 0.25) is 0 Å². The smallest absolute Gasteiger partial charge is 0.342 e. The van der Waals surface area contributed by atoms with Gasteiger partial charge in [-0.2, -0.15) is 0 Å². The molecular formula is C24H30O9. The highest BCUT2D eigenvalue weighted by Crippen LogP contribution is 2.43. The van der Waals surface area contributed by atoms with Gasteiger partial charge in [-0.25, -0.2) is 4.79 Å². The zero-order valence-corrected chi connectivity index (χ0v) is 19.4. The zero-order valence-electron chi connectivity index (χ0n) is 19.4. The van der Waals surface area contributed by atoms with E-state index in [-0.39, 0.29) is 49.6 Å². The Bertz CT molecular complexity index is 959. The van der Waals surface area contributed by atoms with Crippen LogP contribution in [0.3, 0.4) is 0 Å². The molecule has 1 aliphatic heterocycles. The topological polar surface area (TPSA) is 125 Å². The standard InChI is InChI=1S/C24H30O9/c1-14(10-12-18(25)26)9-11-16-22(31-4)15(2)17-13-32-24(29)21(17)23(16)33-20(28)8-6-5-7-19(27)30-3/h9H,5-8,10-13H2,1-4H3,(H,25,26)/b14-9+. The number of hydrogen-bond donors (Lipinski definition) is 1. The highest BCUT2D eigenvalue weighted by Gasteiger charge is 2.34. The van der Waals surface area contributed by atoms with Crippen LogP contribution in [-0.2, 0) is 36.9 Å². The molecule has 33 heavy (non-hydrogen) atoms. The number of fused-ring (bicyclic) bond motifs is 1. The first-order valence-electron chi connectivity index (χ1n) is 10.7. The third-order valence-electron chi connectivity index (χ3n) is 5.47. The predicted octanol–water partition coefficient (Wildman–Crippen LogP) is 3.67. The van der Waals surface area contributed by atoms with Gasteiger partial charge >= 0.3 is 23.9 Å². The minimum atomic E-state index is -0.890. The number of carbonyl (C=O) groups is 4. The number of aliphatic carboxylic acids is 1. The molecule has 1 N–H and O–H groups in total. The molecule has 0 radical (unpaired) electrons. The van der Waals surface area contributed by atoms with E-state index in [4.69, 9.17) is 19.3 Å². The Morgan fingerprint density at radius 3 is 2.30 bits per heavy atom. The number of carbonyl (C=O) groups excluding carboxylic acids is 3. The summed E-state index contributed by atoms with van der Waals surface area (Å²) >= 11 is 0. The fourth-order valence-electron chi connectivity index (χ4n) is 3.61. The van der Waals surface area contributed by atoms with Gasteiger partial charge in [0.15, 0.2) is 5.75 Å². The quantitative estimate of drug-likeness (QED) is 0.214. The Hall–Kier alpha value is -3.36. The molecule has 0 bridgehead atoms. The Labute approximate surface area is 192 Å². The first kappa shape index (κ1) is 25.9. The zero-order chi connectivity index (χ0) is 24.5. The number of allylic oxidation sites excluding steroid dienone is 2. The maximum absolute atomic E-state index is 12.6. The van der Waals surface area contributed by atoms with Crippen LogP contribution < -0.4 is 9.47 Å². The lowest BCUT2D eigenvalue weighted by molar-refractivity contribution is -0.141. The van der Waals surface area contributed by atoms with Gasteiger partial charge < -0.3 is 24.1 Å². The number of rotatable bonds is 12. The maximum Gasteiger partial charge on any atom is 0.342 e. The number of cyclic esters (lactones) is 1. The summed E-state index contributed by atoms with van der Waals surface area (Å²) in [5, 5.41) is 8.90. The minimum Gasteiger partial charge on any atom is -0.496 e. The monoisotopic (exact) mass is 462 g/mol. The third kappa shape index (κ3) is 6.81. The molecule has 9 nitrogen and oxygen atoms in total. The van der Waals surface area contributed by atoms with E-state index in [0.29, 0.717) is 36.1 Å². The van der Waals surface area contributed by atoms with Crippen LogP contribution >= 0.6 is 0 Å². The molecule has 9 heteroatoms. The van der Waals surface area contributed by atoms with Crippen molar-refractivity contribution < 1.29 is 43.2 Å². The number of unbranched alkanes of at least 4 members (excludes halogenated alkanes) is 1. The van der Waals surface area contributed by atoms with E-state index >= 15 is 0 Å². The molecule has 0 saturated heterocycles. The van der Waals surface area contributed by atoms with E-state index in [1.807, 2.05) is 19.9 Å². The predicted molar refractivity (Wildman–Crippen MR) is 117 cm³/mol. The van der Waals surface area contributed by atoms with E-state index in [1.54, 1.807) is 0 Å². The molecule has 0 fully saturated rings. The molecule has 1 aromatic rings. The first-order valence-corrected chi connectivity index (χ1v) is 10.7. The van der Waals surface area contributed by atoms with E-state index < -0.39 is 17.9 Å². The van der Waals surface area contributed by atoms with Crippen LogP contribution in [-0.4, -0.2) is 43.2 Å². The van der Waals surface area contributed by atoms with Crippen LogP contribution in [0.25, 0.3) is 0 Å². The van der Waals surface area contributed by atoms with Gasteiger partial charge in [0.05, 0.1) is 14.2 Å². The van der Waals surface area contributed by atoms with Crippen molar-refractivity contribution in [1.82, 2.24) is 0 Å². The molecule has 0 unspecified atom stereocenters. The molecule has 1 aliphatic rings. The van der Waals surface area contributed by atoms with E-state index in [2.05, 4.69) is 4.74 Å². The molecule has 0 aromatic heterocycles. The molecule has 1 aromatic carbocycles. The lowest BCUT2D eigenvalue weighted by Crippen LogP contribution is -2.14. The molecule has 0 saturated carbocycles. The highest BCUT2D eigenvalue weighted by molar-refractivity contribution is 5.99. The summed E-state index contributed by atoms with van der Waals surface area (Å²) in [5.74, 6) is -1.76. The molecule has 0 aliphatic carbocycles. The molecule has 2 rings (SSSR count). The lowest BCUT2D eigenvalue weighted by atomic mass is 9.94. The normalized spacial score (nSPS) is 12.7. The number of ether oxygens (including phenoxy) is 4. The van der Waals surface area contributed by atoms with Crippen molar-refractivity contribution in [2.24, 2.45) is 0 Å². The fraction of sp³-hybridized carbons (Fsp3) is 0.500. The second kappa shape index (κ2) is 12.0. The average Bonchev–Trinajstić information content (AvgIpc) is 3.17. The minimum absolute atomic E-state index is 0.00241. The van der Waals surface area contributed by atoms with E-state index in [9.17, 15) is 19.2 Å². The van der Waals surface area contributed by atoms with Crippen molar-refractivity contribution in [3.8, 4) is 11.5 Å². The number of methoxy groups -OCH3 is 2. The highest BCUT2D eigenvalue weighted by atomic mass is 16.6.